The van der Waals surface area contributed by atoms with Crippen molar-refractivity contribution in [1.82, 2.24) is 0 Å². The molecule has 2 nitrogen and oxygen atoms in total. The maximum atomic E-state index is 9.18. The zero-order valence-electron chi connectivity index (χ0n) is 6.08. The number of hydrogen-bond acceptors (Lipinski definition) is 2. The van der Waals surface area contributed by atoms with Gasteiger partial charge in [0, 0.05) is 5.56 Å². The standard InChI is InChI=1S/C8H9ClO2/c1-5-6(8(9)11)3-2-4-7(5)10/h2-4,8,10-11H,1H3/t8-/m1/s1. The molecule has 3 heteroatoms. The van der Waals surface area contributed by atoms with Gasteiger partial charge in [0.1, 0.15) is 5.75 Å². The molecule has 0 fully saturated rings. The van der Waals surface area contributed by atoms with E-state index in [1.165, 1.54) is 0 Å². The Morgan fingerprint density at radius 3 is 2.55 bits per heavy atom. The highest BCUT2D eigenvalue weighted by Gasteiger charge is 2.08. The molecule has 0 bridgehead atoms. The Morgan fingerprint density at radius 1 is 1.45 bits per heavy atom. The fraction of sp³-hybridized carbons (Fsp3) is 0.250. The Bertz CT molecular complexity index is 258. The Morgan fingerprint density at radius 2 is 2.09 bits per heavy atom. The third kappa shape index (κ3) is 1.64. The van der Waals surface area contributed by atoms with Crippen LogP contribution in [0.15, 0.2) is 18.2 Å². The lowest BCUT2D eigenvalue weighted by Crippen LogP contribution is -1.91. The van der Waals surface area contributed by atoms with Crippen molar-refractivity contribution in [1.29, 1.82) is 0 Å². The Hall–Kier alpha value is -0.730. The van der Waals surface area contributed by atoms with E-state index in [9.17, 15) is 5.11 Å². The molecule has 0 saturated heterocycles. The number of benzene rings is 1. The maximum absolute atomic E-state index is 9.18. The van der Waals surface area contributed by atoms with Crippen molar-refractivity contribution in [2.24, 2.45) is 0 Å². The van der Waals surface area contributed by atoms with E-state index < -0.39 is 5.56 Å². The van der Waals surface area contributed by atoms with E-state index in [-0.39, 0.29) is 5.75 Å². The van der Waals surface area contributed by atoms with Crippen molar-refractivity contribution in [2.75, 3.05) is 0 Å². The highest BCUT2D eigenvalue weighted by molar-refractivity contribution is 6.19. The van der Waals surface area contributed by atoms with Crippen molar-refractivity contribution in [3.8, 4) is 5.75 Å². The first-order valence-electron chi connectivity index (χ1n) is 3.23. The van der Waals surface area contributed by atoms with E-state index in [4.69, 9.17) is 16.7 Å². The van der Waals surface area contributed by atoms with Crippen LogP contribution in [0.5, 0.6) is 5.75 Å². The largest absolute Gasteiger partial charge is 0.508 e. The molecule has 0 radical (unpaired) electrons. The predicted molar refractivity (Wildman–Crippen MR) is 43.7 cm³/mol. The van der Waals surface area contributed by atoms with Crippen LogP contribution in [0.1, 0.15) is 16.7 Å². The molecular weight excluding hydrogens is 164 g/mol. The minimum atomic E-state index is -1.04. The maximum Gasteiger partial charge on any atom is 0.153 e. The Kier molecular flexibility index (Phi) is 2.37. The van der Waals surface area contributed by atoms with Crippen LogP contribution in [-0.2, 0) is 0 Å². The highest BCUT2D eigenvalue weighted by Crippen LogP contribution is 2.26. The van der Waals surface area contributed by atoms with Crippen LogP contribution in [0, 0.1) is 6.92 Å². The zero-order valence-corrected chi connectivity index (χ0v) is 6.84. The van der Waals surface area contributed by atoms with Crippen molar-refractivity contribution in [2.45, 2.75) is 12.5 Å². The molecule has 2 N–H and O–H groups in total. The van der Waals surface area contributed by atoms with Crippen LogP contribution in [-0.4, -0.2) is 10.2 Å². The molecule has 0 aliphatic heterocycles. The number of rotatable bonds is 1. The van der Waals surface area contributed by atoms with Gasteiger partial charge in [-0.1, -0.05) is 23.7 Å². The SMILES string of the molecule is Cc1c(O)cccc1[C@@H](O)Cl. The summed E-state index contributed by atoms with van der Waals surface area (Å²) in [5.74, 6) is 0.155. The van der Waals surface area contributed by atoms with Crippen LogP contribution < -0.4 is 0 Å². The number of halogens is 1. The molecule has 0 spiro atoms. The van der Waals surface area contributed by atoms with E-state index in [0.29, 0.717) is 11.1 Å². The fourth-order valence-corrected chi connectivity index (χ4v) is 1.14. The Balaban J connectivity index is 3.17. The third-order valence-electron chi connectivity index (χ3n) is 1.60. The average Bonchev–Trinajstić information content (AvgIpc) is 1.94. The van der Waals surface area contributed by atoms with Gasteiger partial charge >= 0.3 is 0 Å². The first-order valence-corrected chi connectivity index (χ1v) is 3.67. The number of alkyl halides is 1. The number of aliphatic hydroxyl groups excluding tert-OH is 1. The molecule has 11 heavy (non-hydrogen) atoms. The summed E-state index contributed by atoms with van der Waals surface area (Å²) in [6, 6.07) is 4.87. The molecule has 60 valence electrons. The van der Waals surface area contributed by atoms with Gasteiger partial charge in [-0.25, -0.2) is 0 Å². The van der Waals surface area contributed by atoms with E-state index in [1.807, 2.05) is 0 Å². The van der Waals surface area contributed by atoms with Gasteiger partial charge in [-0.15, -0.1) is 0 Å². The molecule has 1 rings (SSSR count). The van der Waals surface area contributed by atoms with Crippen LogP contribution in [0.2, 0.25) is 0 Å². The summed E-state index contributed by atoms with van der Waals surface area (Å²) in [4.78, 5) is 0. The van der Waals surface area contributed by atoms with Crippen LogP contribution in [0.25, 0.3) is 0 Å². The summed E-state index contributed by atoms with van der Waals surface area (Å²) in [7, 11) is 0. The minimum Gasteiger partial charge on any atom is -0.508 e. The van der Waals surface area contributed by atoms with Crippen LogP contribution in [0.4, 0.5) is 0 Å². The van der Waals surface area contributed by atoms with Gasteiger partial charge in [0.15, 0.2) is 5.56 Å². The van der Waals surface area contributed by atoms with Gasteiger partial charge in [0.05, 0.1) is 0 Å². The fourth-order valence-electron chi connectivity index (χ4n) is 0.899. The second kappa shape index (κ2) is 3.11. The zero-order chi connectivity index (χ0) is 8.43. The van der Waals surface area contributed by atoms with Crippen molar-refractivity contribution >= 4 is 11.6 Å². The summed E-state index contributed by atoms with van der Waals surface area (Å²) >= 11 is 5.42. The lowest BCUT2D eigenvalue weighted by atomic mass is 10.1. The summed E-state index contributed by atoms with van der Waals surface area (Å²) in [5, 5.41) is 18.2. The third-order valence-corrected chi connectivity index (χ3v) is 1.84. The monoisotopic (exact) mass is 172 g/mol. The molecule has 0 aromatic heterocycles. The molecule has 0 aliphatic rings. The number of aromatic hydroxyl groups is 1. The number of aliphatic hydroxyl groups is 1. The summed E-state index contributed by atoms with van der Waals surface area (Å²) < 4.78 is 0. The first-order chi connectivity index (χ1) is 5.13. The average molecular weight is 173 g/mol. The summed E-state index contributed by atoms with van der Waals surface area (Å²) in [6.45, 7) is 1.70. The second-order valence-corrected chi connectivity index (χ2v) is 2.74. The van der Waals surface area contributed by atoms with Crippen molar-refractivity contribution in [3.05, 3.63) is 29.3 Å². The van der Waals surface area contributed by atoms with Gasteiger partial charge in [-0.05, 0) is 18.6 Å². The molecule has 0 amide bonds. The summed E-state index contributed by atoms with van der Waals surface area (Å²) in [5.41, 5.74) is 0.128. The van der Waals surface area contributed by atoms with Gasteiger partial charge in [-0.2, -0.15) is 0 Å². The van der Waals surface area contributed by atoms with Crippen LogP contribution in [0.3, 0.4) is 0 Å². The molecular formula is C8H9ClO2. The molecule has 0 saturated carbocycles. The van der Waals surface area contributed by atoms with Gasteiger partial charge in [0.25, 0.3) is 0 Å². The van der Waals surface area contributed by atoms with Gasteiger partial charge in [0.2, 0.25) is 0 Å². The lowest BCUT2D eigenvalue weighted by Gasteiger charge is -2.07. The molecule has 0 aliphatic carbocycles. The Labute approximate surface area is 70.1 Å². The van der Waals surface area contributed by atoms with Crippen LogP contribution >= 0.6 is 11.6 Å². The molecule has 0 unspecified atom stereocenters. The minimum absolute atomic E-state index is 0.155. The van der Waals surface area contributed by atoms with E-state index in [2.05, 4.69) is 0 Å². The smallest absolute Gasteiger partial charge is 0.153 e. The highest BCUT2D eigenvalue weighted by atomic mass is 35.5. The summed E-state index contributed by atoms with van der Waals surface area (Å²) in [6.07, 6.45) is 0. The number of phenols is 1. The number of hydrogen-bond donors (Lipinski definition) is 2. The van der Waals surface area contributed by atoms with E-state index in [1.54, 1.807) is 25.1 Å². The van der Waals surface area contributed by atoms with E-state index >= 15 is 0 Å². The van der Waals surface area contributed by atoms with Gasteiger partial charge in [-0.3, -0.25) is 0 Å². The lowest BCUT2D eigenvalue weighted by molar-refractivity contribution is 0.261. The first kappa shape index (κ1) is 8.37. The quantitative estimate of drug-likeness (QED) is 0.636. The van der Waals surface area contributed by atoms with Gasteiger partial charge < -0.3 is 10.2 Å². The molecule has 1 aromatic rings. The molecule has 0 heterocycles. The van der Waals surface area contributed by atoms with Crippen molar-refractivity contribution in [3.63, 3.8) is 0 Å². The topological polar surface area (TPSA) is 40.5 Å². The molecule has 1 atom stereocenters. The van der Waals surface area contributed by atoms with E-state index in [0.717, 1.165) is 0 Å². The molecule has 1 aromatic carbocycles. The second-order valence-electron chi connectivity index (χ2n) is 2.33. The number of phenolic OH excluding ortho intramolecular Hbond substituents is 1. The predicted octanol–water partition coefficient (Wildman–Crippen LogP) is 1.93. The van der Waals surface area contributed by atoms with Crippen molar-refractivity contribution < 1.29 is 10.2 Å². The normalized spacial score (nSPS) is 13.0.